The van der Waals surface area contributed by atoms with Gasteiger partial charge in [-0.3, -0.25) is 14.3 Å². The molecule has 2 heterocycles. The van der Waals surface area contributed by atoms with E-state index in [0.29, 0.717) is 25.5 Å². The SMILES string of the molecule is O=C(O)CCn1cc(/C=C2\SC(=S)NC2=O)c(-c2ccc(Cl)cc2)n1. The van der Waals surface area contributed by atoms with Crippen molar-refractivity contribution in [1.82, 2.24) is 15.1 Å². The molecule has 0 atom stereocenters. The molecule has 1 amide bonds. The molecule has 0 saturated carbocycles. The summed E-state index contributed by atoms with van der Waals surface area (Å²) in [7, 11) is 0. The predicted octanol–water partition coefficient (Wildman–Crippen LogP) is 3.17. The first-order chi connectivity index (χ1) is 11.9. The highest BCUT2D eigenvalue weighted by Crippen LogP contribution is 2.30. The van der Waals surface area contributed by atoms with Gasteiger partial charge in [-0.25, -0.2) is 0 Å². The molecule has 128 valence electrons. The smallest absolute Gasteiger partial charge is 0.305 e. The fourth-order valence-electron chi connectivity index (χ4n) is 2.26. The summed E-state index contributed by atoms with van der Waals surface area (Å²) in [6.45, 7) is 0.233. The number of aryl methyl sites for hydroxylation is 1. The molecular formula is C16H12ClN3O3S2. The first-order valence-electron chi connectivity index (χ1n) is 7.22. The fraction of sp³-hybridized carbons (Fsp3) is 0.125. The van der Waals surface area contributed by atoms with Gasteiger partial charge >= 0.3 is 5.97 Å². The maximum atomic E-state index is 11.9. The lowest BCUT2D eigenvalue weighted by atomic mass is 10.1. The monoisotopic (exact) mass is 393 g/mol. The van der Waals surface area contributed by atoms with Crippen molar-refractivity contribution in [3.05, 3.63) is 46.0 Å². The Labute approximate surface area is 157 Å². The number of hydrogen-bond donors (Lipinski definition) is 2. The summed E-state index contributed by atoms with van der Waals surface area (Å²) < 4.78 is 1.96. The van der Waals surface area contributed by atoms with Crippen LogP contribution in [0.3, 0.4) is 0 Å². The van der Waals surface area contributed by atoms with E-state index in [-0.39, 0.29) is 18.9 Å². The molecule has 2 N–H and O–H groups in total. The second kappa shape index (κ2) is 7.38. The summed E-state index contributed by atoms with van der Waals surface area (Å²) in [6, 6.07) is 7.13. The maximum Gasteiger partial charge on any atom is 0.305 e. The van der Waals surface area contributed by atoms with Crippen molar-refractivity contribution in [2.24, 2.45) is 0 Å². The van der Waals surface area contributed by atoms with Crippen molar-refractivity contribution in [2.75, 3.05) is 0 Å². The lowest BCUT2D eigenvalue weighted by Crippen LogP contribution is -2.17. The maximum absolute atomic E-state index is 11.9. The lowest BCUT2D eigenvalue weighted by Gasteiger charge is -2.00. The highest BCUT2D eigenvalue weighted by Gasteiger charge is 2.23. The molecule has 1 saturated heterocycles. The number of aromatic nitrogens is 2. The Balaban J connectivity index is 2.00. The van der Waals surface area contributed by atoms with Crippen LogP contribution in [0.25, 0.3) is 17.3 Å². The topological polar surface area (TPSA) is 84.2 Å². The van der Waals surface area contributed by atoms with Crippen molar-refractivity contribution in [3.63, 3.8) is 0 Å². The van der Waals surface area contributed by atoms with E-state index in [9.17, 15) is 9.59 Å². The van der Waals surface area contributed by atoms with Gasteiger partial charge in [0.05, 0.1) is 23.6 Å². The van der Waals surface area contributed by atoms with Crippen LogP contribution in [0.5, 0.6) is 0 Å². The fourth-order valence-corrected chi connectivity index (χ4v) is 3.42. The normalized spacial score (nSPS) is 15.6. The van der Waals surface area contributed by atoms with Crippen molar-refractivity contribution in [1.29, 1.82) is 0 Å². The molecule has 1 aliphatic heterocycles. The van der Waals surface area contributed by atoms with Crippen LogP contribution in [0.4, 0.5) is 0 Å². The van der Waals surface area contributed by atoms with Gasteiger partial charge in [-0.1, -0.05) is 47.7 Å². The Hall–Kier alpha value is -2.16. The molecule has 0 bridgehead atoms. The van der Waals surface area contributed by atoms with Crippen LogP contribution in [0, 0.1) is 0 Å². The quantitative estimate of drug-likeness (QED) is 0.599. The molecule has 25 heavy (non-hydrogen) atoms. The summed E-state index contributed by atoms with van der Waals surface area (Å²) >= 11 is 12.1. The number of carboxylic acids is 1. The van der Waals surface area contributed by atoms with E-state index in [1.807, 2.05) is 12.1 Å². The zero-order chi connectivity index (χ0) is 18.0. The average Bonchev–Trinajstić information content (AvgIpc) is 3.09. The minimum atomic E-state index is -0.903. The molecular weight excluding hydrogens is 382 g/mol. The molecule has 0 spiro atoms. The van der Waals surface area contributed by atoms with Gasteiger partial charge in [-0.2, -0.15) is 5.10 Å². The standard InChI is InChI=1S/C16H12ClN3O3S2/c17-11-3-1-9(2-4-11)14-10(7-12-15(23)18-16(24)25-12)8-20(19-14)6-5-13(21)22/h1-4,7-8H,5-6H2,(H,21,22)(H,18,23,24)/b12-7-. The number of carbonyl (C=O) groups excluding carboxylic acids is 1. The number of rotatable bonds is 5. The summed E-state index contributed by atoms with van der Waals surface area (Å²) in [5.41, 5.74) is 2.16. The molecule has 1 fully saturated rings. The van der Waals surface area contributed by atoms with Gasteiger partial charge in [0.2, 0.25) is 0 Å². The number of carboxylic acid groups (broad SMARTS) is 1. The van der Waals surface area contributed by atoms with Gasteiger partial charge in [-0.15, -0.1) is 0 Å². The first-order valence-corrected chi connectivity index (χ1v) is 8.82. The third-order valence-electron chi connectivity index (χ3n) is 3.39. The van der Waals surface area contributed by atoms with Gasteiger partial charge < -0.3 is 10.4 Å². The lowest BCUT2D eigenvalue weighted by molar-refractivity contribution is -0.137. The van der Waals surface area contributed by atoms with E-state index in [4.69, 9.17) is 28.9 Å². The van der Waals surface area contributed by atoms with Gasteiger partial charge in [0.15, 0.2) is 0 Å². The summed E-state index contributed by atoms with van der Waals surface area (Å²) in [5.74, 6) is -1.16. The summed E-state index contributed by atoms with van der Waals surface area (Å²) in [4.78, 5) is 23.2. The van der Waals surface area contributed by atoms with Crippen LogP contribution < -0.4 is 5.32 Å². The van der Waals surface area contributed by atoms with Gasteiger partial charge in [0.1, 0.15) is 4.32 Å². The number of thiocarbonyl (C=S) groups is 1. The van der Waals surface area contributed by atoms with Crippen molar-refractivity contribution >= 4 is 57.9 Å². The van der Waals surface area contributed by atoms with Crippen LogP contribution in [0.1, 0.15) is 12.0 Å². The molecule has 9 heteroatoms. The zero-order valence-corrected chi connectivity index (χ0v) is 15.1. The number of amides is 1. The van der Waals surface area contributed by atoms with E-state index in [0.717, 1.165) is 5.56 Å². The molecule has 0 aliphatic carbocycles. The molecule has 1 aliphatic rings. The number of nitrogens with zero attached hydrogens (tertiary/aromatic N) is 2. The number of thioether (sulfide) groups is 1. The highest BCUT2D eigenvalue weighted by atomic mass is 35.5. The second-order valence-corrected chi connectivity index (χ2v) is 7.35. The first kappa shape index (κ1) is 17.7. The number of benzene rings is 1. The Morgan fingerprint density at radius 1 is 1.40 bits per heavy atom. The van der Waals surface area contributed by atoms with Gasteiger partial charge in [0, 0.05) is 22.3 Å². The summed E-state index contributed by atoms with van der Waals surface area (Å²) in [6.07, 6.45) is 3.37. The Kier molecular flexibility index (Phi) is 5.22. The molecule has 0 unspecified atom stereocenters. The molecule has 1 aromatic carbocycles. The van der Waals surface area contributed by atoms with Crippen molar-refractivity contribution in [2.45, 2.75) is 13.0 Å². The van der Waals surface area contributed by atoms with Gasteiger partial charge in [0.25, 0.3) is 5.91 Å². The Morgan fingerprint density at radius 3 is 2.72 bits per heavy atom. The Bertz CT molecular complexity index is 891. The third kappa shape index (κ3) is 4.28. The van der Waals surface area contributed by atoms with Crippen LogP contribution in [0.2, 0.25) is 5.02 Å². The highest BCUT2D eigenvalue weighted by molar-refractivity contribution is 8.26. The minimum absolute atomic E-state index is 0.0446. The van der Waals surface area contributed by atoms with Crippen molar-refractivity contribution < 1.29 is 14.7 Å². The van der Waals surface area contributed by atoms with Crippen LogP contribution >= 0.6 is 35.6 Å². The van der Waals surface area contributed by atoms with E-state index in [1.54, 1.807) is 29.1 Å². The molecule has 2 aromatic rings. The van der Waals surface area contributed by atoms with E-state index >= 15 is 0 Å². The van der Waals surface area contributed by atoms with E-state index < -0.39 is 5.97 Å². The van der Waals surface area contributed by atoms with Crippen LogP contribution in [-0.2, 0) is 16.1 Å². The average molecular weight is 394 g/mol. The predicted molar refractivity (Wildman–Crippen MR) is 101 cm³/mol. The largest absolute Gasteiger partial charge is 0.481 e. The molecule has 1 aromatic heterocycles. The number of hydrogen-bond acceptors (Lipinski definition) is 5. The molecule has 0 radical (unpaired) electrons. The van der Waals surface area contributed by atoms with Crippen LogP contribution in [0.15, 0.2) is 35.4 Å². The second-order valence-electron chi connectivity index (χ2n) is 5.20. The molecule has 6 nitrogen and oxygen atoms in total. The number of nitrogens with one attached hydrogen (secondary N) is 1. The number of halogens is 1. The summed E-state index contributed by atoms with van der Waals surface area (Å²) in [5, 5.41) is 16.5. The van der Waals surface area contributed by atoms with E-state index in [1.165, 1.54) is 11.8 Å². The zero-order valence-electron chi connectivity index (χ0n) is 12.7. The Morgan fingerprint density at radius 2 is 2.12 bits per heavy atom. The van der Waals surface area contributed by atoms with Crippen LogP contribution in [-0.4, -0.2) is 31.1 Å². The number of carbonyl (C=O) groups is 2. The third-order valence-corrected chi connectivity index (χ3v) is 4.81. The van der Waals surface area contributed by atoms with Crippen molar-refractivity contribution in [3.8, 4) is 11.3 Å². The van der Waals surface area contributed by atoms with E-state index in [2.05, 4.69) is 10.4 Å². The molecule has 3 rings (SSSR count). The van der Waals surface area contributed by atoms with Gasteiger partial charge in [-0.05, 0) is 18.2 Å². The number of aliphatic carboxylic acids is 1. The minimum Gasteiger partial charge on any atom is -0.481 e.